The van der Waals surface area contributed by atoms with Crippen LogP contribution in [-0.4, -0.2) is 34.5 Å². The van der Waals surface area contributed by atoms with Crippen molar-refractivity contribution < 1.29 is 14.7 Å². The molecule has 1 N–H and O–H groups in total. The van der Waals surface area contributed by atoms with Crippen LogP contribution < -0.4 is 0 Å². The molecule has 1 heterocycles. The molecule has 24 heavy (non-hydrogen) atoms. The van der Waals surface area contributed by atoms with Gasteiger partial charge in [-0.25, -0.2) is 0 Å². The van der Waals surface area contributed by atoms with E-state index in [4.69, 9.17) is 5.11 Å². The highest BCUT2D eigenvalue weighted by atomic mass is 16.4. The topological polar surface area (TPSA) is 57.6 Å². The minimum Gasteiger partial charge on any atom is -0.481 e. The molecule has 4 heteroatoms. The number of amides is 1. The summed E-state index contributed by atoms with van der Waals surface area (Å²) in [5.74, 6) is -0.633. The van der Waals surface area contributed by atoms with Crippen molar-refractivity contribution in [3.05, 3.63) is 42.0 Å². The van der Waals surface area contributed by atoms with Gasteiger partial charge in [-0.2, -0.15) is 0 Å². The minimum absolute atomic E-state index is 0.143. The average Bonchev–Trinajstić information content (AvgIpc) is 2.83. The Labute approximate surface area is 144 Å². The van der Waals surface area contributed by atoms with Crippen LogP contribution in [0.3, 0.4) is 0 Å². The lowest BCUT2D eigenvalue weighted by molar-refractivity contribution is -0.137. The molecule has 1 amide bonds. The van der Waals surface area contributed by atoms with E-state index in [1.807, 2.05) is 23.1 Å². The van der Waals surface area contributed by atoms with E-state index < -0.39 is 5.97 Å². The van der Waals surface area contributed by atoms with Gasteiger partial charge in [0.1, 0.15) is 0 Å². The van der Waals surface area contributed by atoms with Crippen LogP contribution in [0.25, 0.3) is 6.08 Å². The highest BCUT2D eigenvalue weighted by Gasteiger charge is 2.23. The van der Waals surface area contributed by atoms with Crippen LogP contribution in [-0.2, 0) is 9.59 Å². The van der Waals surface area contributed by atoms with Gasteiger partial charge >= 0.3 is 5.97 Å². The van der Waals surface area contributed by atoms with Gasteiger partial charge in [0.15, 0.2) is 0 Å². The van der Waals surface area contributed by atoms with Crippen LogP contribution in [0.15, 0.2) is 36.4 Å². The van der Waals surface area contributed by atoms with Crippen molar-refractivity contribution in [2.24, 2.45) is 0 Å². The van der Waals surface area contributed by atoms with E-state index in [1.165, 1.54) is 6.42 Å². The van der Waals surface area contributed by atoms with Gasteiger partial charge in [-0.1, -0.05) is 55.3 Å². The first-order chi connectivity index (χ1) is 11.7. The summed E-state index contributed by atoms with van der Waals surface area (Å²) in [4.78, 5) is 25.1. The maximum absolute atomic E-state index is 12.6. The molecule has 0 radical (unpaired) electrons. The fourth-order valence-corrected chi connectivity index (χ4v) is 3.13. The molecular weight excluding hydrogens is 302 g/mol. The van der Waals surface area contributed by atoms with Gasteiger partial charge in [-0.05, 0) is 31.2 Å². The van der Waals surface area contributed by atoms with E-state index in [0.717, 1.165) is 31.4 Å². The summed E-state index contributed by atoms with van der Waals surface area (Å²) >= 11 is 0. The summed E-state index contributed by atoms with van der Waals surface area (Å²) in [5.41, 5.74) is 1.15. The molecule has 1 unspecified atom stereocenters. The van der Waals surface area contributed by atoms with Crippen molar-refractivity contribution in [3.8, 4) is 0 Å². The normalized spacial score (nSPS) is 18.5. The summed E-state index contributed by atoms with van der Waals surface area (Å²) in [6.45, 7) is 0.807. The van der Waals surface area contributed by atoms with Crippen molar-refractivity contribution in [2.75, 3.05) is 6.54 Å². The van der Waals surface area contributed by atoms with Gasteiger partial charge in [-0.3, -0.25) is 9.59 Å². The van der Waals surface area contributed by atoms with E-state index in [1.54, 1.807) is 0 Å². The summed E-state index contributed by atoms with van der Waals surface area (Å²) < 4.78 is 0. The molecule has 0 saturated carbocycles. The van der Waals surface area contributed by atoms with Gasteiger partial charge < -0.3 is 10.0 Å². The summed E-state index contributed by atoms with van der Waals surface area (Å²) in [6, 6.07) is 10.3. The highest BCUT2D eigenvalue weighted by molar-refractivity contribution is 5.77. The summed E-state index contributed by atoms with van der Waals surface area (Å²) in [7, 11) is 0. The molecule has 130 valence electrons. The fourth-order valence-electron chi connectivity index (χ4n) is 3.13. The molecule has 1 aliphatic heterocycles. The van der Waals surface area contributed by atoms with E-state index in [2.05, 4.69) is 24.3 Å². The third-order valence-corrected chi connectivity index (χ3v) is 4.46. The maximum atomic E-state index is 12.6. The molecule has 1 aliphatic rings. The SMILES string of the molecule is O=C(O)CCCCC(=O)N1CCCCCC1/C=C/c1ccccc1. The minimum atomic E-state index is -0.791. The standard InChI is InChI=1S/C20H27NO3/c22-19(12-6-7-13-20(23)24)21-16-8-2-5-11-18(21)15-14-17-9-3-1-4-10-17/h1,3-4,9-10,14-15,18H,2,5-8,11-13,16H2,(H,23,24)/b15-14+. The first-order valence-corrected chi connectivity index (χ1v) is 8.91. The van der Waals surface area contributed by atoms with Crippen LogP contribution in [0, 0.1) is 0 Å². The molecule has 0 aromatic heterocycles. The quantitative estimate of drug-likeness (QED) is 0.766. The van der Waals surface area contributed by atoms with Crippen molar-refractivity contribution in [1.29, 1.82) is 0 Å². The van der Waals surface area contributed by atoms with Gasteiger partial charge in [0, 0.05) is 19.4 Å². The molecule has 1 fully saturated rings. The van der Waals surface area contributed by atoms with E-state index in [9.17, 15) is 9.59 Å². The molecule has 0 aliphatic carbocycles. The number of hydrogen-bond acceptors (Lipinski definition) is 2. The number of carbonyl (C=O) groups is 2. The lowest BCUT2D eigenvalue weighted by Gasteiger charge is -2.28. The Morgan fingerprint density at radius 2 is 1.83 bits per heavy atom. The van der Waals surface area contributed by atoms with Crippen molar-refractivity contribution in [2.45, 2.75) is 57.4 Å². The second-order valence-corrected chi connectivity index (χ2v) is 6.37. The van der Waals surface area contributed by atoms with Crippen LogP contribution in [0.2, 0.25) is 0 Å². The molecular formula is C20H27NO3. The van der Waals surface area contributed by atoms with Crippen LogP contribution in [0.4, 0.5) is 0 Å². The molecule has 1 atom stereocenters. The number of benzene rings is 1. The van der Waals surface area contributed by atoms with Gasteiger partial charge in [0.05, 0.1) is 6.04 Å². The number of aliphatic carboxylic acids is 1. The predicted molar refractivity (Wildman–Crippen MR) is 95.5 cm³/mol. The molecule has 4 nitrogen and oxygen atoms in total. The van der Waals surface area contributed by atoms with Gasteiger partial charge in [0.25, 0.3) is 0 Å². The zero-order valence-corrected chi connectivity index (χ0v) is 14.2. The van der Waals surface area contributed by atoms with Gasteiger partial charge in [-0.15, -0.1) is 0 Å². The molecule has 1 saturated heterocycles. The third-order valence-electron chi connectivity index (χ3n) is 4.46. The third kappa shape index (κ3) is 6.19. The highest BCUT2D eigenvalue weighted by Crippen LogP contribution is 2.20. The van der Waals surface area contributed by atoms with Crippen molar-refractivity contribution in [1.82, 2.24) is 4.90 Å². The molecule has 1 aromatic rings. The Bertz CT molecular complexity index is 553. The zero-order valence-electron chi connectivity index (χ0n) is 14.2. The number of rotatable bonds is 7. The smallest absolute Gasteiger partial charge is 0.303 e. The van der Waals surface area contributed by atoms with Crippen LogP contribution >= 0.6 is 0 Å². The first kappa shape index (κ1) is 18.2. The number of likely N-dealkylation sites (tertiary alicyclic amines) is 1. The molecule has 1 aromatic carbocycles. The number of nitrogens with zero attached hydrogens (tertiary/aromatic N) is 1. The lowest BCUT2D eigenvalue weighted by atomic mass is 10.1. The molecule has 2 rings (SSSR count). The number of carbonyl (C=O) groups excluding carboxylic acids is 1. The second-order valence-electron chi connectivity index (χ2n) is 6.37. The largest absolute Gasteiger partial charge is 0.481 e. The van der Waals surface area contributed by atoms with E-state index in [-0.39, 0.29) is 18.4 Å². The lowest BCUT2D eigenvalue weighted by Crippen LogP contribution is -2.38. The number of unbranched alkanes of at least 4 members (excludes halogenated alkanes) is 1. The molecule has 0 spiro atoms. The van der Waals surface area contributed by atoms with Crippen LogP contribution in [0.5, 0.6) is 0 Å². The van der Waals surface area contributed by atoms with Crippen LogP contribution in [0.1, 0.15) is 56.9 Å². The summed E-state index contributed by atoms with van der Waals surface area (Å²) in [5, 5.41) is 8.68. The van der Waals surface area contributed by atoms with Crippen molar-refractivity contribution >= 4 is 18.0 Å². The van der Waals surface area contributed by atoms with Crippen molar-refractivity contribution in [3.63, 3.8) is 0 Å². The number of hydrogen-bond donors (Lipinski definition) is 1. The van der Waals surface area contributed by atoms with E-state index >= 15 is 0 Å². The Morgan fingerprint density at radius 3 is 2.58 bits per heavy atom. The zero-order chi connectivity index (χ0) is 17.2. The van der Waals surface area contributed by atoms with E-state index in [0.29, 0.717) is 19.3 Å². The predicted octanol–water partition coefficient (Wildman–Crippen LogP) is 4.12. The Hall–Kier alpha value is -2.10. The monoisotopic (exact) mass is 329 g/mol. The second kappa shape index (κ2) is 9.91. The fraction of sp³-hybridized carbons (Fsp3) is 0.500. The Morgan fingerprint density at radius 1 is 1.08 bits per heavy atom. The number of carboxylic acids is 1. The molecule has 0 bridgehead atoms. The summed E-state index contributed by atoms with van der Waals surface area (Å²) in [6.07, 6.45) is 10.4. The maximum Gasteiger partial charge on any atom is 0.303 e. The Kier molecular flexibility index (Phi) is 7.53. The average molecular weight is 329 g/mol. The van der Waals surface area contributed by atoms with Gasteiger partial charge in [0.2, 0.25) is 5.91 Å². The number of carboxylic acid groups (broad SMARTS) is 1. The Balaban J connectivity index is 1.94. The first-order valence-electron chi connectivity index (χ1n) is 8.91.